The highest BCUT2D eigenvalue weighted by Crippen LogP contribution is 2.17. The Kier molecular flexibility index (Phi) is 17.1. The van der Waals surface area contributed by atoms with Crippen LogP contribution in [0.3, 0.4) is 0 Å². The summed E-state index contributed by atoms with van der Waals surface area (Å²) in [5.41, 5.74) is 2.22. The van der Waals surface area contributed by atoms with Crippen molar-refractivity contribution in [3.8, 4) is 0 Å². The fourth-order valence-electron chi connectivity index (χ4n) is 4.94. The molecule has 0 aliphatic rings. The van der Waals surface area contributed by atoms with Gasteiger partial charge in [0, 0.05) is 35.8 Å². The molecule has 6 nitrogen and oxygen atoms in total. The van der Waals surface area contributed by atoms with Crippen LogP contribution in [-0.2, 0) is 9.59 Å². The summed E-state index contributed by atoms with van der Waals surface area (Å²) in [4.78, 5) is 36.5. The average Bonchev–Trinajstić information content (AvgIpc) is 2.97. The maximum atomic E-state index is 12.6. The summed E-state index contributed by atoms with van der Waals surface area (Å²) in [6.45, 7) is 3.40. The number of aliphatic carboxylic acids is 1. The highest BCUT2D eigenvalue weighted by atomic mass is 16.4. The van der Waals surface area contributed by atoms with Crippen LogP contribution >= 0.6 is 0 Å². The first-order valence-electron chi connectivity index (χ1n) is 15.4. The second-order valence-electron chi connectivity index (χ2n) is 10.8. The van der Waals surface area contributed by atoms with E-state index in [1.807, 2.05) is 54.6 Å². The summed E-state index contributed by atoms with van der Waals surface area (Å²) in [5.74, 6) is -1.55. The van der Waals surface area contributed by atoms with Gasteiger partial charge in [-0.3, -0.25) is 14.4 Å². The minimum atomic E-state index is -0.921. The van der Waals surface area contributed by atoms with Crippen molar-refractivity contribution in [1.82, 2.24) is 5.32 Å². The second kappa shape index (κ2) is 20.7. The van der Waals surface area contributed by atoms with E-state index in [0.717, 1.165) is 31.4 Å². The topological polar surface area (TPSA) is 95.5 Å². The zero-order chi connectivity index (χ0) is 28.8. The number of carbonyl (C=O) groups excluding carboxylic acids is 2. The molecule has 3 N–H and O–H groups in total. The van der Waals surface area contributed by atoms with Crippen LogP contribution in [0.1, 0.15) is 119 Å². The van der Waals surface area contributed by atoms with Crippen molar-refractivity contribution in [2.75, 3.05) is 18.4 Å². The van der Waals surface area contributed by atoms with Crippen molar-refractivity contribution < 1.29 is 19.5 Å². The zero-order valence-electron chi connectivity index (χ0n) is 24.5. The molecule has 220 valence electrons. The van der Waals surface area contributed by atoms with Gasteiger partial charge in [0.15, 0.2) is 5.78 Å². The Hall–Kier alpha value is -3.15. The lowest BCUT2D eigenvalue weighted by atomic mass is 9.96. The third-order valence-corrected chi connectivity index (χ3v) is 7.36. The lowest BCUT2D eigenvalue weighted by molar-refractivity contribution is -0.141. The first-order valence-corrected chi connectivity index (χ1v) is 15.4. The van der Waals surface area contributed by atoms with Gasteiger partial charge in [0.2, 0.25) is 5.91 Å². The Bertz CT molecular complexity index is 975. The molecular weight excluding hydrogens is 500 g/mol. The van der Waals surface area contributed by atoms with E-state index in [2.05, 4.69) is 17.6 Å². The lowest BCUT2D eigenvalue weighted by Crippen LogP contribution is -2.33. The molecule has 0 radical (unpaired) electrons. The van der Waals surface area contributed by atoms with Gasteiger partial charge < -0.3 is 15.7 Å². The summed E-state index contributed by atoms with van der Waals surface area (Å²) in [6.07, 6.45) is 16.2. The molecule has 0 aliphatic heterocycles. The van der Waals surface area contributed by atoms with Gasteiger partial charge in [-0.25, -0.2) is 0 Å². The van der Waals surface area contributed by atoms with E-state index in [-0.39, 0.29) is 18.1 Å². The van der Waals surface area contributed by atoms with E-state index < -0.39 is 11.9 Å². The molecule has 40 heavy (non-hydrogen) atoms. The SMILES string of the molecule is CCCCCCCCCCCCCCC(CC(=O)O)C(=O)NCCCNc1ccc(C(=O)c2ccccc2)cc1. The van der Waals surface area contributed by atoms with Gasteiger partial charge in [0.25, 0.3) is 0 Å². The molecule has 2 rings (SSSR count). The highest BCUT2D eigenvalue weighted by Gasteiger charge is 2.20. The lowest BCUT2D eigenvalue weighted by Gasteiger charge is -2.15. The monoisotopic (exact) mass is 550 g/mol. The van der Waals surface area contributed by atoms with Crippen molar-refractivity contribution in [2.45, 2.75) is 103 Å². The number of benzene rings is 2. The Labute approximate surface area is 241 Å². The molecule has 1 atom stereocenters. The van der Waals surface area contributed by atoms with Gasteiger partial charge in [-0.1, -0.05) is 114 Å². The molecule has 6 heteroatoms. The number of amides is 1. The second-order valence-corrected chi connectivity index (χ2v) is 10.8. The van der Waals surface area contributed by atoms with E-state index in [9.17, 15) is 19.5 Å². The molecule has 0 heterocycles. The van der Waals surface area contributed by atoms with Crippen molar-refractivity contribution in [2.24, 2.45) is 5.92 Å². The zero-order valence-corrected chi connectivity index (χ0v) is 24.5. The van der Waals surface area contributed by atoms with Crippen LogP contribution in [0.15, 0.2) is 54.6 Å². The fraction of sp³-hybridized carbons (Fsp3) is 0.559. The number of carboxylic acid groups (broad SMARTS) is 1. The molecule has 1 amide bonds. The molecule has 0 aliphatic carbocycles. The minimum Gasteiger partial charge on any atom is -0.481 e. The molecular formula is C34H50N2O4. The van der Waals surface area contributed by atoms with Gasteiger partial charge in [0.1, 0.15) is 0 Å². The van der Waals surface area contributed by atoms with Crippen LogP contribution < -0.4 is 10.6 Å². The first-order chi connectivity index (χ1) is 19.5. The number of ketones is 1. The van der Waals surface area contributed by atoms with E-state index >= 15 is 0 Å². The van der Waals surface area contributed by atoms with Crippen molar-refractivity contribution >= 4 is 23.3 Å². The Morgan fingerprint density at radius 1 is 0.675 bits per heavy atom. The summed E-state index contributed by atoms with van der Waals surface area (Å²) >= 11 is 0. The highest BCUT2D eigenvalue weighted by molar-refractivity contribution is 6.09. The van der Waals surface area contributed by atoms with Gasteiger partial charge in [0.05, 0.1) is 6.42 Å². The molecule has 0 bridgehead atoms. The molecule has 1 unspecified atom stereocenters. The van der Waals surface area contributed by atoms with E-state index in [4.69, 9.17) is 0 Å². The standard InChI is InChI=1S/C34H50N2O4/c1-2-3-4-5-6-7-8-9-10-11-12-14-20-30(27-32(37)38)34(40)36-26-17-25-35-31-23-21-29(22-24-31)33(39)28-18-15-13-16-19-28/h13,15-16,18-19,21-24,30,35H,2-12,14,17,20,25-27H2,1H3,(H,36,40)(H,37,38). The maximum absolute atomic E-state index is 12.6. The fourth-order valence-corrected chi connectivity index (χ4v) is 4.94. The van der Waals surface area contributed by atoms with Crippen LogP contribution in [0.5, 0.6) is 0 Å². The normalized spacial score (nSPS) is 11.6. The maximum Gasteiger partial charge on any atom is 0.304 e. The van der Waals surface area contributed by atoms with Gasteiger partial charge >= 0.3 is 5.97 Å². The molecule has 2 aromatic rings. The molecule has 0 fully saturated rings. The van der Waals surface area contributed by atoms with Crippen LogP contribution in [0.25, 0.3) is 0 Å². The van der Waals surface area contributed by atoms with Crippen LogP contribution in [-0.4, -0.2) is 35.9 Å². The molecule has 2 aromatic carbocycles. The summed E-state index contributed by atoms with van der Waals surface area (Å²) in [6, 6.07) is 16.6. The number of rotatable bonds is 23. The minimum absolute atomic E-state index is 0.00530. The van der Waals surface area contributed by atoms with Crippen molar-refractivity contribution in [1.29, 1.82) is 0 Å². The van der Waals surface area contributed by atoms with Crippen LogP contribution in [0.4, 0.5) is 5.69 Å². The van der Waals surface area contributed by atoms with E-state index in [1.165, 1.54) is 57.8 Å². The number of carboxylic acids is 1. The van der Waals surface area contributed by atoms with Crippen LogP contribution in [0, 0.1) is 5.92 Å². The Balaban J connectivity index is 1.57. The Morgan fingerprint density at radius 2 is 1.23 bits per heavy atom. The van der Waals surface area contributed by atoms with Gasteiger partial charge in [-0.05, 0) is 37.1 Å². The largest absolute Gasteiger partial charge is 0.481 e. The van der Waals surface area contributed by atoms with Gasteiger partial charge in [-0.2, -0.15) is 0 Å². The summed E-state index contributed by atoms with van der Waals surface area (Å²) < 4.78 is 0. The van der Waals surface area contributed by atoms with Crippen molar-refractivity contribution in [3.05, 3.63) is 65.7 Å². The summed E-state index contributed by atoms with van der Waals surface area (Å²) in [7, 11) is 0. The van der Waals surface area contributed by atoms with E-state index in [1.54, 1.807) is 0 Å². The van der Waals surface area contributed by atoms with Gasteiger partial charge in [-0.15, -0.1) is 0 Å². The number of nitrogens with one attached hydrogen (secondary N) is 2. The quantitative estimate of drug-likeness (QED) is 0.0962. The Morgan fingerprint density at radius 3 is 1.80 bits per heavy atom. The van der Waals surface area contributed by atoms with E-state index in [0.29, 0.717) is 30.6 Å². The molecule has 0 saturated heterocycles. The number of anilines is 1. The number of hydrogen-bond donors (Lipinski definition) is 3. The molecule has 0 aromatic heterocycles. The third kappa shape index (κ3) is 14.3. The molecule has 0 saturated carbocycles. The third-order valence-electron chi connectivity index (χ3n) is 7.36. The first kappa shape index (κ1) is 33.1. The number of unbranched alkanes of at least 4 members (excludes halogenated alkanes) is 11. The number of hydrogen-bond acceptors (Lipinski definition) is 4. The van der Waals surface area contributed by atoms with Crippen LogP contribution in [0.2, 0.25) is 0 Å². The summed E-state index contributed by atoms with van der Waals surface area (Å²) in [5, 5.41) is 15.5. The molecule has 0 spiro atoms. The predicted octanol–water partition coefficient (Wildman–Crippen LogP) is 8.02. The smallest absolute Gasteiger partial charge is 0.304 e. The predicted molar refractivity (Wildman–Crippen MR) is 164 cm³/mol. The number of carbonyl (C=O) groups is 3. The van der Waals surface area contributed by atoms with Crippen molar-refractivity contribution in [3.63, 3.8) is 0 Å². The average molecular weight is 551 g/mol.